The summed E-state index contributed by atoms with van der Waals surface area (Å²) in [5.74, 6) is -0.953. The lowest BCUT2D eigenvalue weighted by Gasteiger charge is -2.11. The van der Waals surface area contributed by atoms with Gasteiger partial charge in [-0.1, -0.05) is 41.9 Å². The smallest absolute Gasteiger partial charge is 0.298 e. The van der Waals surface area contributed by atoms with Crippen LogP contribution in [0, 0.1) is 0 Å². The van der Waals surface area contributed by atoms with Crippen molar-refractivity contribution >= 4 is 34.0 Å². The number of alkyl halides is 3. The first kappa shape index (κ1) is 17.4. The SMILES string of the molecule is O=C(Nc1nc(-c2ccccc2)cs1)c1ccc(Cl)nc1C(F)(F)F. The van der Waals surface area contributed by atoms with E-state index in [1.165, 1.54) is 0 Å². The molecule has 0 aliphatic heterocycles. The molecule has 0 aliphatic carbocycles. The number of rotatable bonds is 3. The Bertz CT molecular complexity index is 912. The van der Waals surface area contributed by atoms with E-state index in [1.54, 1.807) is 5.38 Å². The number of hydrogen-bond acceptors (Lipinski definition) is 4. The topological polar surface area (TPSA) is 54.9 Å². The predicted molar refractivity (Wildman–Crippen MR) is 89.8 cm³/mol. The number of aromatic nitrogens is 2. The van der Waals surface area contributed by atoms with Gasteiger partial charge in [0.25, 0.3) is 5.91 Å². The van der Waals surface area contributed by atoms with E-state index in [4.69, 9.17) is 11.6 Å². The molecular weight excluding hydrogens is 375 g/mol. The number of halogens is 4. The summed E-state index contributed by atoms with van der Waals surface area (Å²) < 4.78 is 39.1. The van der Waals surface area contributed by atoms with Crippen molar-refractivity contribution in [2.24, 2.45) is 0 Å². The van der Waals surface area contributed by atoms with Gasteiger partial charge in [0.05, 0.1) is 11.3 Å². The van der Waals surface area contributed by atoms with E-state index >= 15 is 0 Å². The molecule has 2 aromatic heterocycles. The Balaban J connectivity index is 1.86. The van der Waals surface area contributed by atoms with Crippen LogP contribution in [-0.2, 0) is 6.18 Å². The average Bonchev–Trinajstić information content (AvgIpc) is 3.03. The molecule has 1 N–H and O–H groups in total. The molecule has 3 rings (SSSR count). The number of benzene rings is 1. The van der Waals surface area contributed by atoms with Crippen LogP contribution in [-0.4, -0.2) is 15.9 Å². The Hall–Kier alpha value is -2.45. The van der Waals surface area contributed by atoms with Crippen LogP contribution >= 0.6 is 22.9 Å². The first-order valence-corrected chi connectivity index (χ1v) is 8.16. The summed E-state index contributed by atoms with van der Waals surface area (Å²) in [6, 6.07) is 11.3. The number of thiazole rings is 1. The van der Waals surface area contributed by atoms with E-state index in [1.807, 2.05) is 30.3 Å². The fraction of sp³-hybridized carbons (Fsp3) is 0.0625. The molecule has 0 unspecified atom stereocenters. The number of nitrogens with zero attached hydrogens (tertiary/aromatic N) is 2. The molecule has 4 nitrogen and oxygen atoms in total. The molecule has 0 bridgehead atoms. The molecule has 128 valence electrons. The third-order valence-corrected chi connectivity index (χ3v) is 4.14. The van der Waals surface area contributed by atoms with Crippen LogP contribution in [0.5, 0.6) is 0 Å². The van der Waals surface area contributed by atoms with Gasteiger partial charge in [0.2, 0.25) is 0 Å². The number of nitrogens with one attached hydrogen (secondary N) is 1. The molecular formula is C16H9ClF3N3OS. The van der Waals surface area contributed by atoms with E-state index in [-0.39, 0.29) is 10.3 Å². The van der Waals surface area contributed by atoms with Gasteiger partial charge in [-0.05, 0) is 12.1 Å². The average molecular weight is 384 g/mol. The summed E-state index contributed by atoms with van der Waals surface area (Å²) in [7, 11) is 0. The Morgan fingerprint density at radius 3 is 2.48 bits per heavy atom. The Kier molecular flexibility index (Phi) is 4.73. The highest BCUT2D eigenvalue weighted by Crippen LogP contribution is 2.32. The summed E-state index contributed by atoms with van der Waals surface area (Å²) in [6.07, 6.45) is -4.80. The lowest BCUT2D eigenvalue weighted by atomic mass is 10.1. The maximum atomic E-state index is 13.0. The Labute approximate surface area is 149 Å². The summed E-state index contributed by atoms with van der Waals surface area (Å²) in [5.41, 5.74) is -0.500. The van der Waals surface area contributed by atoms with Crippen LogP contribution in [0.4, 0.5) is 18.3 Å². The second-order valence-corrected chi connectivity index (χ2v) is 6.13. The van der Waals surface area contributed by atoms with Crippen molar-refractivity contribution in [3.63, 3.8) is 0 Å². The van der Waals surface area contributed by atoms with Crippen LogP contribution in [0.3, 0.4) is 0 Å². The van der Waals surface area contributed by atoms with Gasteiger partial charge in [-0.3, -0.25) is 10.1 Å². The van der Waals surface area contributed by atoms with E-state index in [2.05, 4.69) is 15.3 Å². The quantitative estimate of drug-likeness (QED) is 0.638. The van der Waals surface area contributed by atoms with Gasteiger partial charge >= 0.3 is 6.18 Å². The molecule has 0 aliphatic rings. The Morgan fingerprint density at radius 2 is 1.80 bits per heavy atom. The van der Waals surface area contributed by atoms with E-state index < -0.39 is 23.3 Å². The fourth-order valence-corrected chi connectivity index (χ4v) is 2.93. The van der Waals surface area contributed by atoms with Crippen LogP contribution in [0.25, 0.3) is 11.3 Å². The number of pyridine rings is 1. The van der Waals surface area contributed by atoms with Crippen LogP contribution in [0.15, 0.2) is 47.8 Å². The minimum atomic E-state index is -4.80. The van der Waals surface area contributed by atoms with Crippen LogP contribution in [0.1, 0.15) is 16.1 Å². The molecule has 0 saturated carbocycles. The molecule has 9 heteroatoms. The van der Waals surface area contributed by atoms with Crippen molar-refractivity contribution < 1.29 is 18.0 Å². The summed E-state index contributed by atoms with van der Waals surface area (Å²) in [5, 5.41) is 3.91. The summed E-state index contributed by atoms with van der Waals surface area (Å²) in [4.78, 5) is 19.6. The van der Waals surface area contributed by atoms with Gasteiger partial charge in [0, 0.05) is 10.9 Å². The van der Waals surface area contributed by atoms with Crippen molar-refractivity contribution in [3.8, 4) is 11.3 Å². The number of carbonyl (C=O) groups excluding carboxylic acids is 1. The molecule has 0 saturated heterocycles. The van der Waals surface area contributed by atoms with Crippen LogP contribution in [0.2, 0.25) is 5.15 Å². The second kappa shape index (κ2) is 6.81. The first-order chi connectivity index (χ1) is 11.8. The van der Waals surface area contributed by atoms with Gasteiger partial charge in [0.15, 0.2) is 10.8 Å². The van der Waals surface area contributed by atoms with Crippen molar-refractivity contribution in [1.82, 2.24) is 9.97 Å². The number of anilines is 1. The van der Waals surface area contributed by atoms with Crippen molar-refractivity contribution in [1.29, 1.82) is 0 Å². The van der Waals surface area contributed by atoms with E-state index in [0.29, 0.717) is 5.69 Å². The normalized spacial score (nSPS) is 11.4. The lowest BCUT2D eigenvalue weighted by molar-refractivity contribution is -0.141. The Morgan fingerprint density at radius 1 is 1.08 bits per heavy atom. The molecule has 2 heterocycles. The molecule has 0 atom stereocenters. The highest BCUT2D eigenvalue weighted by Gasteiger charge is 2.37. The highest BCUT2D eigenvalue weighted by molar-refractivity contribution is 7.14. The molecule has 3 aromatic rings. The zero-order chi connectivity index (χ0) is 18.0. The highest BCUT2D eigenvalue weighted by atomic mass is 35.5. The number of amides is 1. The van der Waals surface area contributed by atoms with Crippen LogP contribution < -0.4 is 5.32 Å². The van der Waals surface area contributed by atoms with Gasteiger partial charge in [-0.2, -0.15) is 13.2 Å². The molecule has 0 radical (unpaired) electrons. The van der Waals surface area contributed by atoms with Gasteiger partial charge in [-0.15, -0.1) is 11.3 Å². The zero-order valence-corrected chi connectivity index (χ0v) is 13.9. The molecule has 1 aromatic carbocycles. The van der Waals surface area contributed by atoms with Crippen molar-refractivity contribution in [2.75, 3.05) is 5.32 Å². The maximum absolute atomic E-state index is 13.0. The first-order valence-electron chi connectivity index (χ1n) is 6.90. The molecule has 1 amide bonds. The van der Waals surface area contributed by atoms with Crippen molar-refractivity contribution in [2.45, 2.75) is 6.18 Å². The van der Waals surface area contributed by atoms with Gasteiger partial charge < -0.3 is 0 Å². The monoisotopic (exact) mass is 383 g/mol. The fourth-order valence-electron chi connectivity index (χ4n) is 2.07. The number of carbonyl (C=O) groups is 1. The largest absolute Gasteiger partial charge is 0.434 e. The third kappa shape index (κ3) is 3.97. The lowest BCUT2D eigenvalue weighted by Crippen LogP contribution is -2.20. The van der Waals surface area contributed by atoms with E-state index in [9.17, 15) is 18.0 Å². The summed E-state index contributed by atoms with van der Waals surface area (Å²) >= 11 is 6.62. The third-order valence-electron chi connectivity index (χ3n) is 3.17. The van der Waals surface area contributed by atoms with E-state index in [0.717, 1.165) is 29.0 Å². The predicted octanol–water partition coefficient (Wildman–Crippen LogP) is 5.13. The molecule has 0 fully saturated rings. The maximum Gasteiger partial charge on any atom is 0.434 e. The zero-order valence-electron chi connectivity index (χ0n) is 12.3. The number of hydrogen-bond donors (Lipinski definition) is 1. The summed E-state index contributed by atoms with van der Waals surface area (Å²) in [6.45, 7) is 0. The standard InChI is InChI=1S/C16H9ClF3N3OS/c17-12-7-6-10(13(22-12)16(18,19)20)14(24)23-15-21-11(8-25-15)9-4-2-1-3-5-9/h1-8H,(H,21,23,24). The molecule has 25 heavy (non-hydrogen) atoms. The molecule has 0 spiro atoms. The minimum Gasteiger partial charge on any atom is -0.298 e. The minimum absolute atomic E-state index is 0.187. The van der Waals surface area contributed by atoms with Gasteiger partial charge in [0.1, 0.15) is 5.15 Å². The van der Waals surface area contributed by atoms with Gasteiger partial charge in [-0.25, -0.2) is 9.97 Å². The van der Waals surface area contributed by atoms with Crippen molar-refractivity contribution in [3.05, 3.63) is 64.3 Å². The second-order valence-electron chi connectivity index (χ2n) is 4.89.